The Morgan fingerprint density at radius 3 is 2.51 bits per heavy atom. The second-order valence-corrected chi connectivity index (χ2v) is 8.52. The van der Waals surface area contributed by atoms with E-state index in [0.717, 1.165) is 6.54 Å². The molecule has 0 saturated heterocycles. The van der Waals surface area contributed by atoms with Crippen molar-refractivity contribution in [3.05, 3.63) is 96.9 Å². The van der Waals surface area contributed by atoms with E-state index < -0.39 is 5.82 Å². The van der Waals surface area contributed by atoms with Gasteiger partial charge in [-0.25, -0.2) is 9.38 Å². The van der Waals surface area contributed by atoms with Gasteiger partial charge in [0.15, 0.2) is 0 Å². The number of benzene rings is 2. The number of halogens is 2. The highest BCUT2D eigenvalue weighted by Crippen LogP contribution is 2.27. The summed E-state index contributed by atoms with van der Waals surface area (Å²) in [5, 5.41) is 6.14. The van der Waals surface area contributed by atoms with Crippen molar-refractivity contribution in [2.24, 2.45) is 20.7 Å². The van der Waals surface area contributed by atoms with Gasteiger partial charge < -0.3 is 21.3 Å². The van der Waals surface area contributed by atoms with Crippen molar-refractivity contribution in [1.82, 2.24) is 10.2 Å². The fraction of sp³-hybridized carbons (Fsp3) is 0.148. The van der Waals surface area contributed by atoms with Crippen LogP contribution in [-0.2, 0) is 0 Å². The van der Waals surface area contributed by atoms with Crippen LogP contribution in [-0.4, -0.2) is 50.9 Å². The summed E-state index contributed by atoms with van der Waals surface area (Å²) in [6, 6.07) is 11.0. The summed E-state index contributed by atoms with van der Waals surface area (Å²) in [6.07, 6.45) is 5.92. The third-order valence-electron chi connectivity index (χ3n) is 4.81. The SMILES string of the molecule is C=CC(=C)Nc1ccc(F)c(N=C(N/C(C=NCCN(C)C)=C/N)/C(=C\N=C)c2ccc(SF)cc2)c1. The molecule has 0 spiro atoms. The Bertz CT molecular complexity index is 1220. The largest absolute Gasteiger partial charge is 0.403 e. The number of nitrogens with zero attached hydrogens (tertiary/aromatic N) is 4. The standard InChI is InChI=1S/C27H31F2N7S/c1-6-19(2)33-21-9-12-25(28)26(15-21)35-27(34-22(16-30)17-32-13-14-36(4)5)24(18-31-3)20-7-10-23(37-29)11-8-20/h6-12,15-18,33H,1-3,13-14,30H2,4-5H3,(H,34,35)/b22-16+,24-18-,32-17?. The van der Waals surface area contributed by atoms with Crippen LogP contribution in [0.5, 0.6) is 0 Å². The number of anilines is 1. The van der Waals surface area contributed by atoms with Crippen LogP contribution in [0.15, 0.2) is 105 Å². The highest BCUT2D eigenvalue weighted by Gasteiger charge is 2.14. The van der Waals surface area contributed by atoms with Crippen molar-refractivity contribution in [2.75, 3.05) is 32.5 Å². The summed E-state index contributed by atoms with van der Waals surface area (Å²) >= 11 is 0.133. The summed E-state index contributed by atoms with van der Waals surface area (Å²) in [7, 11) is 3.90. The first-order valence-corrected chi connectivity index (χ1v) is 11.9. The molecule has 0 aliphatic heterocycles. The van der Waals surface area contributed by atoms with Gasteiger partial charge in [-0.3, -0.25) is 9.98 Å². The Kier molecular flexibility index (Phi) is 12.0. The normalized spacial score (nSPS) is 12.6. The zero-order chi connectivity index (χ0) is 27.2. The highest BCUT2D eigenvalue weighted by molar-refractivity contribution is 7.94. The average Bonchev–Trinajstić information content (AvgIpc) is 2.90. The van der Waals surface area contributed by atoms with E-state index in [-0.39, 0.29) is 23.7 Å². The van der Waals surface area contributed by atoms with Crippen molar-refractivity contribution in [3.8, 4) is 0 Å². The number of likely N-dealkylation sites (N-methyl/N-ethyl adjacent to an activating group) is 1. The fourth-order valence-corrected chi connectivity index (χ4v) is 3.15. The molecular weight excluding hydrogens is 492 g/mol. The Hall–Kier alpha value is -4.02. The van der Waals surface area contributed by atoms with Crippen molar-refractivity contribution < 1.29 is 8.28 Å². The Morgan fingerprint density at radius 2 is 1.92 bits per heavy atom. The van der Waals surface area contributed by atoms with Gasteiger partial charge in [0.25, 0.3) is 0 Å². The lowest BCUT2D eigenvalue weighted by molar-refractivity contribution is 0.421. The molecule has 0 aliphatic carbocycles. The van der Waals surface area contributed by atoms with Gasteiger partial charge in [-0.2, -0.15) is 3.89 Å². The van der Waals surface area contributed by atoms with Gasteiger partial charge in [-0.1, -0.05) is 25.3 Å². The Labute approximate surface area is 221 Å². The monoisotopic (exact) mass is 523 g/mol. The molecule has 10 heteroatoms. The van der Waals surface area contributed by atoms with Crippen molar-refractivity contribution in [1.29, 1.82) is 0 Å². The predicted octanol–water partition coefficient (Wildman–Crippen LogP) is 5.71. The smallest absolute Gasteiger partial charge is 0.149 e. The third-order valence-corrected chi connectivity index (χ3v) is 5.26. The molecule has 2 aromatic carbocycles. The minimum atomic E-state index is -0.554. The lowest BCUT2D eigenvalue weighted by Gasteiger charge is -2.15. The number of nitrogens with one attached hydrogen (secondary N) is 2. The van der Waals surface area contributed by atoms with Crippen LogP contribution in [0.4, 0.5) is 19.7 Å². The molecule has 0 fully saturated rings. The predicted molar refractivity (Wildman–Crippen MR) is 155 cm³/mol. The van der Waals surface area contributed by atoms with Gasteiger partial charge in [0.1, 0.15) is 17.3 Å². The molecule has 0 heterocycles. The molecule has 0 aliphatic rings. The van der Waals surface area contributed by atoms with Gasteiger partial charge in [0.2, 0.25) is 0 Å². The number of hydrogen-bond donors (Lipinski definition) is 3. The van der Waals surface area contributed by atoms with E-state index in [1.165, 1.54) is 24.5 Å². The molecule has 4 N–H and O–H groups in total. The minimum Gasteiger partial charge on any atom is -0.403 e. The lowest BCUT2D eigenvalue weighted by Crippen LogP contribution is -2.26. The summed E-state index contributed by atoms with van der Waals surface area (Å²) < 4.78 is 27.9. The van der Waals surface area contributed by atoms with Gasteiger partial charge in [0.05, 0.1) is 24.4 Å². The van der Waals surface area contributed by atoms with Crippen molar-refractivity contribution >= 4 is 47.9 Å². The second-order valence-electron chi connectivity index (χ2n) is 7.89. The van der Waals surface area contributed by atoms with Gasteiger partial charge in [0, 0.05) is 47.0 Å². The minimum absolute atomic E-state index is 0.0381. The van der Waals surface area contributed by atoms with Crippen LogP contribution in [0.2, 0.25) is 0 Å². The molecule has 37 heavy (non-hydrogen) atoms. The van der Waals surface area contributed by atoms with E-state index in [1.807, 2.05) is 19.0 Å². The first kappa shape index (κ1) is 29.2. The summed E-state index contributed by atoms with van der Waals surface area (Å²) in [4.78, 5) is 15.3. The molecule has 0 aromatic heterocycles. The molecule has 0 atom stereocenters. The first-order valence-electron chi connectivity index (χ1n) is 11.2. The van der Waals surface area contributed by atoms with Crippen molar-refractivity contribution in [2.45, 2.75) is 4.90 Å². The summed E-state index contributed by atoms with van der Waals surface area (Å²) in [5.74, 6) is -0.329. The van der Waals surface area contributed by atoms with Crippen LogP contribution in [0, 0.1) is 5.82 Å². The van der Waals surface area contributed by atoms with Gasteiger partial charge in [-0.05, 0) is 62.8 Å². The van der Waals surface area contributed by atoms with Crippen LogP contribution in [0.1, 0.15) is 5.56 Å². The fourth-order valence-electron chi connectivity index (χ4n) is 2.91. The number of allylic oxidation sites excluding steroid dienone is 2. The van der Waals surface area contributed by atoms with Crippen molar-refractivity contribution in [3.63, 3.8) is 0 Å². The molecule has 7 nitrogen and oxygen atoms in total. The first-order chi connectivity index (χ1) is 17.8. The quantitative estimate of drug-likeness (QED) is 0.178. The van der Waals surface area contributed by atoms with E-state index in [9.17, 15) is 8.28 Å². The van der Waals surface area contributed by atoms with E-state index in [0.29, 0.717) is 39.7 Å². The highest BCUT2D eigenvalue weighted by atomic mass is 32.2. The lowest BCUT2D eigenvalue weighted by atomic mass is 10.1. The van der Waals surface area contributed by atoms with E-state index in [4.69, 9.17) is 5.73 Å². The maximum Gasteiger partial charge on any atom is 0.149 e. The second kappa shape index (κ2) is 15.2. The molecule has 0 saturated carbocycles. The van der Waals surface area contributed by atoms with Gasteiger partial charge >= 0.3 is 0 Å². The maximum absolute atomic E-state index is 14.9. The topological polar surface area (TPSA) is 90.4 Å². The number of aliphatic imine (C=N–C) groups is 3. The zero-order valence-electron chi connectivity index (χ0n) is 20.9. The molecule has 194 valence electrons. The molecule has 0 unspecified atom stereocenters. The Morgan fingerprint density at radius 1 is 1.19 bits per heavy atom. The van der Waals surface area contributed by atoms with Crippen LogP contribution < -0.4 is 16.4 Å². The number of amidine groups is 1. The maximum atomic E-state index is 14.9. The number of hydrogen-bond acceptors (Lipinski definition) is 7. The average molecular weight is 524 g/mol. The molecule has 2 rings (SSSR count). The van der Waals surface area contributed by atoms with Crippen LogP contribution >= 0.6 is 12.1 Å². The molecule has 0 amide bonds. The Balaban J connectivity index is 2.59. The third kappa shape index (κ3) is 9.51. The van der Waals surface area contributed by atoms with Crippen LogP contribution in [0.3, 0.4) is 0 Å². The number of rotatable bonds is 13. The molecular formula is C27H31F2N7S. The molecule has 0 bridgehead atoms. The van der Waals surface area contributed by atoms with Crippen LogP contribution in [0.25, 0.3) is 5.57 Å². The van der Waals surface area contributed by atoms with E-state index in [1.54, 1.807) is 42.6 Å². The zero-order valence-corrected chi connectivity index (χ0v) is 21.7. The molecule has 2 aromatic rings. The summed E-state index contributed by atoms with van der Waals surface area (Å²) in [5.41, 5.74) is 8.55. The van der Waals surface area contributed by atoms with Gasteiger partial charge in [-0.15, -0.1) is 0 Å². The van der Waals surface area contributed by atoms with E-state index in [2.05, 4.69) is 45.5 Å². The molecule has 0 radical (unpaired) electrons. The number of nitrogens with two attached hydrogens (primary N) is 1. The van der Waals surface area contributed by atoms with E-state index >= 15 is 0 Å². The summed E-state index contributed by atoms with van der Waals surface area (Å²) in [6.45, 7) is 12.3.